The summed E-state index contributed by atoms with van der Waals surface area (Å²) < 4.78 is 43.7. The molecule has 0 saturated carbocycles. The third-order valence-corrected chi connectivity index (χ3v) is 6.47. The van der Waals surface area contributed by atoms with Gasteiger partial charge in [-0.3, -0.25) is 9.48 Å². The summed E-state index contributed by atoms with van der Waals surface area (Å²) in [4.78, 5) is 18.8. The van der Waals surface area contributed by atoms with Crippen LogP contribution >= 0.6 is 11.3 Å². The van der Waals surface area contributed by atoms with Crippen LogP contribution in [-0.2, 0) is 25.7 Å². The highest BCUT2D eigenvalue weighted by Crippen LogP contribution is 2.34. The Morgan fingerprint density at radius 3 is 2.59 bits per heavy atom. The van der Waals surface area contributed by atoms with E-state index in [9.17, 15) is 18.0 Å². The topological polar surface area (TPSA) is 77.1 Å². The molecule has 4 heterocycles. The Hall–Kier alpha value is -3.21. The van der Waals surface area contributed by atoms with Gasteiger partial charge < -0.3 is 5.32 Å². The number of nitrogens with one attached hydrogen (secondary N) is 1. The summed E-state index contributed by atoms with van der Waals surface area (Å²) >= 11 is 1.37. The minimum Gasteiger partial charge on any atom is -0.348 e. The summed E-state index contributed by atoms with van der Waals surface area (Å²) in [6, 6.07) is 4.57. The van der Waals surface area contributed by atoms with E-state index in [1.54, 1.807) is 16.9 Å². The molecule has 4 rings (SSSR count). The van der Waals surface area contributed by atoms with Crippen LogP contribution in [0.25, 0.3) is 16.2 Å². The number of amides is 1. The summed E-state index contributed by atoms with van der Waals surface area (Å²) in [5.41, 5.74) is 0.751. The fraction of sp³-hybridized carbons (Fsp3) is 0.333. The van der Waals surface area contributed by atoms with Crippen molar-refractivity contribution in [3.63, 3.8) is 0 Å². The van der Waals surface area contributed by atoms with E-state index in [0.717, 1.165) is 34.8 Å². The predicted molar refractivity (Wildman–Crippen MR) is 114 cm³/mol. The third kappa shape index (κ3) is 3.99. The number of nitrogens with zero attached hydrogens (tertiary/aromatic N) is 5. The lowest BCUT2D eigenvalue weighted by Gasteiger charge is -2.11. The molecule has 4 aromatic heterocycles. The van der Waals surface area contributed by atoms with Gasteiger partial charge in [0.1, 0.15) is 5.56 Å². The van der Waals surface area contributed by atoms with Gasteiger partial charge in [-0.05, 0) is 38.5 Å². The van der Waals surface area contributed by atoms with Crippen LogP contribution in [0, 0.1) is 6.92 Å². The van der Waals surface area contributed by atoms with Crippen molar-refractivity contribution in [2.45, 2.75) is 46.5 Å². The van der Waals surface area contributed by atoms with E-state index >= 15 is 0 Å². The lowest BCUT2D eigenvalue weighted by molar-refractivity contribution is -0.142. The fourth-order valence-corrected chi connectivity index (χ4v) is 4.31. The molecule has 0 bridgehead atoms. The van der Waals surface area contributed by atoms with Gasteiger partial charge in [0.05, 0.1) is 23.0 Å². The fourth-order valence-electron chi connectivity index (χ4n) is 3.41. The Morgan fingerprint density at radius 1 is 1.19 bits per heavy atom. The number of halogens is 3. The smallest absolute Gasteiger partial charge is 0.348 e. The highest BCUT2D eigenvalue weighted by Gasteiger charge is 2.36. The van der Waals surface area contributed by atoms with Gasteiger partial charge in [0, 0.05) is 29.2 Å². The number of hydrogen-bond donors (Lipinski definition) is 1. The maximum absolute atomic E-state index is 13.7. The normalized spacial score (nSPS) is 11.9. The molecule has 1 amide bonds. The van der Waals surface area contributed by atoms with Crippen molar-refractivity contribution in [2.75, 3.05) is 0 Å². The minimum absolute atomic E-state index is 0.0230. The van der Waals surface area contributed by atoms with E-state index in [2.05, 4.69) is 20.5 Å². The van der Waals surface area contributed by atoms with Gasteiger partial charge >= 0.3 is 6.18 Å². The van der Waals surface area contributed by atoms with Crippen LogP contribution in [-0.4, -0.2) is 30.3 Å². The van der Waals surface area contributed by atoms with Crippen molar-refractivity contribution in [2.24, 2.45) is 0 Å². The Bertz CT molecular complexity index is 1290. The molecule has 1 N–H and O–H groups in total. The lowest BCUT2D eigenvalue weighted by Crippen LogP contribution is -2.23. The molecule has 168 valence electrons. The Balaban J connectivity index is 1.72. The van der Waals surface area contributed by atoms with Gasteiger partial charge in [-0.1, -0.05) is 6.92 Å². The van der Waals surface area contributed by atoms with Gasteiger partial charge in [-0.15, -0.1) is 11.3 Å². The van der Waals surface area contributed by atoms with Crippen molar-refractivity contribution in [1.82, 2.24) is 29.7 Å². The van der Waals surface area contributed by atoms with Gasteiger partial charge in [0.25, 0.3) is 5.91 Å². The lowest BCUT2D eigenvalue weighted by atomic mass is 10.2. The number of aryl methyl sites for hydroxylation is 2. The van der Waals surface area contributed by atoms with Crippen LogP contribution in [0.1, 0.15) is 46.0 Å². The van der Waals surface area contributed by atoms with Crippen LogP contribution < -0.4 is 5.32 Å². The average molecular weight is 463 g/mol. The molecule has 0 aliphatic rings. The second-order valence-corrected chi connectivity index (χ2v) is 8.36. The third-order valence-electron chi connectivity index (χ3n) is 5.21. The first kappa shape index (κ1) is 22.0. The first-order valence-corrected chi connectivity index (χ1v) is 10.9. The highest BCUT2D eigenvalue weighted by atomic mass is 32.1. The molecule has 0 atom stereocenters. The van der Waals surface area contributed by atoms with E-state index in [1.165, 1.54) is 11.3 Å². The molecule has 11 heteroatoms. The molecule has 32 heavy (non-hydrogen) atoms. The molecule has 7 nitrogen and oxygen atoms in total. The maximum atomic E-state index is 13.7. The summed E-state index contributed by atoms with van der Waals surface area (Å²) in [7, 11) is 0. The van der Waals surface area contributed by atoms with E-state index in [4.69, 9.17) is 0 Å². The van der Waals surface area contributed by atoms with Gasteiger partial charge in [-0.25, -0.2) is 9.50 Å². The molecule has 0 radical (unpaired) electrons. The number of carbonyl (C=O) groups excluding carboxylic acids is 1. The van der Waals surface area contributed by atoms with E-state index in [1.807, 2.05) is 26.8 Å². The van der Waals surface area contributed by atoms with Gasteiger partial charge in [-0.2, -0.15) is 23.4 Å². The zero-order chi connectivity index (χ0) is 23.0. The monoisotopic (exact) mass is 462 g/mol. The van der Waals surface area contributed by atoms with E-state index < -0.39 is 17.8 Å². The summed E-state index contributed by atoms with van der Waals surface area (Å²) in [6.45, 7) is 6.71. The molecule has 0 fully saturated rings. The second-order valence-electron chi connectivity index (χ2n) is 7.19. The summed E-state index contributed by atoms with van der Waals surface area (Å²) in [5, 5.41) is 10.8. The number of thiophene rings is 1. The van der Waals surface area contributed by atoms with Gasteiger partial charge in [0.15, 0.2) is 11.3 Å². The number of fused-ring (bicyclic) bond motifs is 1. The molecular formula is C21H21F3N6OS. The van der Waals surface area contributed by atoms with Crippen LogP contribution in [0.4, 0.5) is 13.2 Å². The molecule has 0 aromatic carbocycles. The molecule has 0 aliphatic heterocycles. The molecule has 0 unspecified atom stereocenters. The Morgan fingerprint density at radius 2 is 1.97 bits per heavy atom. The largest absolute Gasteiger partial charge is 0.433 e. The minimum atomic E-state index is -4.66. The molecular weight excluding hydrogens is 441 g/mol. The summed E-state index contributed by atoms with van der Waals surface area (Å²) in [6.07, 6.45) is -1.11. The van der Waals surface area contributed by atoms with Crippen LogP contribution in [0.2, 0.25) is 0 Å². The Labute approximate surface area is 185 Å². The average Bonchev–Trinajstić information content (AvgIpc) is 3.48. The second kappa shape index (κ2) is 8.38. The number of hydrogen-bond acceptors (Lipinski definition) is 5. The van der Waals surface area contributed by atoms with Crippen LogP contribution in [0.15, 0.2) is 30.6 Å². The van der Waals surface area contributed by atoms with Crippen LogP contribution in [0.5, 0.6) is 0 Å². The van der Waals surface area contributed by atoms with Crippen molar-refractivity contribution in [3.8, 4) is 10.6 Å². The molecule has 0 spiro atoms. The number of aromatic nitrogens is 5. The first-order chi connectivity index (χ1) is 15.2. The number of alkyl halides is 3. The van der Waals surface area contributed by atoms with Gasteiger partial charge in [0.2, 0.25) is 0 Å². The standard InChI is InChI=1S/C21H21F3N6OS/c1-4-14-6-7-17(32-14)16-8-18(21(22,23)24)30-19(28-16)15(11-27-30)20(31)25-9-13-10-26-29(5-2)12(13)3/h6-8,10-11H,4-5,9H2,1-3H3,(H,25,31). The molecule has 0 aliphatic carbocycles. The Kier molecular flexibility index (Phi) is 5.76. The van der Waals surface area contributed by atoms with Crippen molar-refractivity contribution in [1.29, 1.82) is 0 Å². The number of carbonyl (C=O) groups is 1. The van der Waals surface area contributed by atoms with Crippen molar-refractivity contribution >= 4 is 22.9 Å². The zero-order valence-corrected chi connectivity index (χ0v) is 18.5. The van der Waals surface area contributed by atoms with Crippen molar-refractivity contribution in [3.05, 3.63) is 58.0 Å². The predicted octanol–water partition coefficient (Wildman–Crippen LogP) is 4.49. The molecule has 4 aromatic rings. The van der Waals surface area contributed by atoms with Crippen molar-refractivity contribution < 1.29 is 18.0 Å². The highest BCUT2D eigenvalue weighted by molar-refractivity contribution is 7.15. The zero-order valence-electron chi connectivity index (χ0n) is 17.7. The quantitative estimate of drug-likeness (QED) is 0.458. The first-order valence-electron chi connectivity index (χ1n) is 10.1. The van der Waals surface area contributed by atoms with Crippen LogP contribution in [0.3, 0.4) is 0 Å². The number of rotatable bonds is 6. The van der Waals surface area contributed by atoms with E-state index in [-0.39, 0.29) is 23.4 Å². The maximum Gasteiger partial charge on any atom is 0.433 e. The SMILES string of the molecule is CCc1ccc(-c2cc(C(F)(F)F)n3ncc(C(=O)NCc4cnn(CC)c4C)c3n2)s1. The van der Waals surface area contributed by atoms with E-state index in [0.29, 0.717) is 15.9 Å². The summed E-state index contributed by atoms with van der Waals surface area (Å²) in [5.74, 6) is -0.554. The molecule has 0 saturated heterocycles.